The van der Waals surface area contributed by atoms with Crippen molar-refractivity contribution in [3.8, 4) is 6.07 Å². The highest BCUT2D eigenvalue weighted by Crippen LogP contribution is 2.52. The number of ether oxygens (including phenoxy) is 1. The number of esters is 1. The molecule has 0 amide bonds. The average Bonchev–Trinajstić information content (AvgIpc) is 0.914. The topological polar surface area (TPSA) is 976 Å². The quantitative estimate of drug-likeness (QED) is 0.00883. The van der Waals surface area contributed by atoms with Gasteiger partial charge in [-0.15, -0.1) is 0 Å². The molecule has 624 valence electrons. The number of allylic oxidation sites excluding steroid dienone is 2. The fraction of sp³-hybridized carbons (Fsp3) is 0.592. The van der Waals surface area contributed by atoms with Gasteiger partial charge < -0.3 is 44.2 Å². The number of carboxylic acids is 2. The Morgan fingerprint density at radius 2 is 0.819 bits per heavy atom. The number of nitrogens with two attached hydrogens (primary N) is 5. The van der Waals surface area contributed by atoms with E-state index in [9.17, 15) is 32.4 Å². The lowest BCUT2D eigenvalue weighted by molar-refractivity contribution is -0.182. The summed E-state index contributed by atoms with van der Waals surface area (Å²) < 4.78 is 31.3. The van der Waals surface area contributed by atoms with E-state index in [1.807, 2.05) is 0 Å². The van der Waals surface area contributed by atoms with Crippen LogP contribution in [0.2, 0.25) is 5.02 Å². The Balaban J connectivity index is 0.00000128. The number of ketones is 1. The number of halogens is 1. The highest BCUT2D eigenvalue weighted by Gasteiger charge is 2.47. The van der Waals surface area contributed by atoms with Crippen LogP contribution in [0, 0.1) is 87.1 Å². The van der Waals surface area contributed by atoms with Gasteiger partial charge in [0, 0.05) is 22.8 Å². The molecule has 9 fully saturated rings. The van der Waals surface area contributed by atoms with Crippen molar-refractivity contribution in [1.29, 1.82) is 21.9 Å². The molecule has 17 N–H and O–H groups in total. The number of hydrogen-bond donors (Lipinski definition) is 12. The first kappa shape index (κ1) is 101. The summed E-state index contributed by atoms with van der Waals surface area (Å²) in [6.07, 6.45) is 22.6. The zero-order chi connectivity index (χ0) is 85.0. The summed E-state index contributed by atoms with van der Waals surface area (Å²) in [7, 11) is -3.67. The number of fused-ring (bicyclic) bond motifs is 3. The fourth-order valence-electron chi connectivity index (χ4n) is 11.9. The first-order valence-corrected chi connectivity index (χ1v) is 34.2. The van der Waals surface area contributed by atoms with E-state index in [2.05, 4.69) is 277 Å². The molecule has 10 aliphatic rings. The number of nitrogens with one attached hydrogen (secondary N) is 3. The smallest absolute Gasteiger partial charge is 0.372 e. The van der Waals surface area contributed by atoms with Crippen molar-refractivity contribution >= 4 is 51.4 Å². The number of carboxylic acid groups (broad SMARTS) is 2. The van der Waals surface area contributed by atoms with E-state index in [-0.39, 0.29) is 43.8 Å². The van der Waals surface area contributed by atoms with Crippen LogP contribution in [0.3, 0.4) is 0 Å². The number of benzene rings is 2. The molecule has 8 aliphatic carbocycles. The highest BCUT2D eigenvalue weighted by atomic mass is 35.5. The van der Waals surface area contributed by atoms with Crippen LogP contribution >= 0.6 is 11.6 Å². The number of hydrogen-bond acceptors (Lipinski definition) is 19. The molecule has 0 spiro atoms. The molecular weight excluding hydrogens is 1590 g/mol. The molecule has 12 rings (SSSR count). The van der Waals surface area contributed by atoms with Crippen LogP contribution in [0.5, 0.6) is 0 Å². The van der Waals surface area contributed by atoms with Gasteiger partial charge in [0.1, 0.15) is 11.9 Å². The number of nitrogens with zero attached hydrogens (tertiary/aromatic N) is 44. The zero-order valence-corrected chi connectivity index (χ0v) is 61.3. The molecule has 2 aromatic carbocycles. The van der Waals surface area contributed by atoms with Gasteiger partial charge in [-0.2, -0.15) is 35.5 Å². The van der Waals surface area contributed by atoms with Gasteiger partial charge >= 0.3 is 23.9 Å². The predicted molar refractivity (Wildman–Crippen MR) is 375 cm³/mol. The van der Waals surface area contributed by atoms with Crippen molar-refractivity contribution in [1.82, 2.24) is 0 Å². The van der Waals surface area contributed by atoms with Crippen molar-refractivity contribution in [3.63, 3.8) is 0 Å². The molecule has 67 heteroatoms. The molecule has 116 heavy (non-hydrogen) atoms. The second-order valence-corrected chi connectivity index (χ2v) is 24.7. The van der Waals surface area contributed by atoms with Crippen LogP contribution in [0.25, 0.3) is 0 Å². The third kappa shape index (κ3) is 53.1. The zero-order valence-electron chi connectivity index (χ0n) is 59.8. The molecule has 5 atom stereocenters. The maximum absolute atomic E-state index is 11.6. The molecule has 0 aromatic heterocycles. The normalized spacial score (nSPS) is 22.7. The van der Waals surface area contributed by atoms with E-state index >= 15 is 0 Å². The van der Waals surface area contributed by atoms with Gasteiger partial charge in [0.25, 0.3) is 10.1 Å². The van der Waals surface area contributed by atoms with Gasteiger partial charge in [0.05, 0.1) is 36.6 Å². The summed E-state index contributed by atoms with van der Waals surface area (Å²) in [5.74, 6) is 27.4. The minimum atomic E-state index is -3.67. The average molecular weight is 1670 g/mol. The number of rotatable bonds is 24. The number of carbonyl (C=O) groups is 5. The Labute approximate surface area is 657 Å². The largest absolute Gasteiger partial charge is 0.481 e. The van der Waals surface area contributed by atoms with E-state index in [1.54, 1.807) is 36.4 Å². The summed E-state index contributed by atoms with van der Waals surface area (Å²) >= 11 is 5.56. The molecule has 65 nitrogen and oxygen atoms in total. The molecule has 2 saturated heterocycles. The van der Waals surface area contributed by atoms with E-state index in [0.29, 0.717) is 45.9 Å². The van der Waals surface area contributed by atoms with Crippen LogP contribution in [-0.4, -0.2) is 70.5 Å². The van der Waals surface area contributed by atoms with E-state index in [1.165, 1.54) is 63.5 Å². The lowest BCUT2D eigenvalue weighted by atomic mass is 9.56. The predicted octanol–water partition coefficient (Wildman–Crippen LogP) is 15.1. The molecule has 2 heterocycles. The first-order valence-electron chi connectivity index (χ1n) is 32.0. The highest BCUT2D eigenvalue weighted by molar-refractivity contribution is 7.85. The molecule has 0 radical (unpaired) electrons. The molecular formula is C49H77ClN52O13S. The second kappa shape index (κ2) is 64.9. The maximum atomic E-state index is 11.6. The summed E-state index contributed by atoms with van der Waals surface area (Å²) in [4.78, 5) is 57.9. The van der Waals surface area contributed by atoms with Crippen molar-refractivity contribution in [2.45, 2.75) is 116 Å². The SMILES string of the molecule is C.CS(=O)(=O)O.N#CC1CC2C=CCC(C1)C2.N/N=N/N=N/N=N/N.N/N=N/N=N/N=N/N=N/N=N/N.N=N/N=N/N=N/N=N/N=N/N=N/N.N=N/N=N/N=N/N=N/N=N/N=N/N=N/N=N/N=N.O=C(O)Cc1cccc(CC(=O)O)c1.O=C(OO)c1cccc(Cl)c1.O=C1C2CC3CC(C2)CC1C3.O=C1OC2CC3CC(C2)CC1C3. The first-order chi connectivity index (χ1) is 55.5. The van der Waals surface area contributed by atoms with Gasteiger partial charge in [-0.25, -0.2) is 4.79 Å². The summed E-state index contributed by atoms with van der Waals surface area (Å²) in [5, 5.41) is 157. The van der Waals surface area contributed by atoms with Crippen molar-refractivity contribution in [2.24, 2.45) is 313 Å². The van der Waals surface area contributed by atoms with E-state index in [0.717, 1.165) is 74.0 Å². The number of Topliss-reactive ketones (excluding diaryl/α,β-unsaturated/α-hetero) is 1. The molecule has 10 bridgehead atoms. The Kier molecular flexibility index (Phi) is 56.6. The van der Waals surface area contributed by atoms with Crippen LogP contribution in [-0.2, 0) is 51.8 Å². The van der Waals surface area contributed by atoms with Crippen molar-refractivity contribution in [2.75, 3.05) is 6.26 Å². The van der Waals surface area contributed by atoms with Crippen molar-refractivity contribution < 1.29 is 62.0 Å². The lowest BCUT2D eigenvalue weighted by Gasteiger charge is -2.48. The molecule has 5 unspecified atom stereocenters. The Morgan fingerprint density at radius 1 is 0.491 bits per heavy atom. The standard InChI is InChI=1S/C10H13N.C10H10O4.C10H14O2.C10H14O.C7H5ClO3.CH4O3S.CH4.H2N18.H3N13.H4N12.H4N8/c11-7-10-5-8-2-1-3-9(4-8)6-10;11-9(12)5-7-2-1-3-8(4-7)6-10(13)14;11-10-8-2-6-1-7(3-8)5-9(4-6)12-10;11-10-8-2-6-1-7(4-8)5-9(10)3-6;8-6-3-1-2-5(4-6)7(9)11-10;1-5(2,3)4;;1-3-5-7-9-11-13-15-17-18-16-14-12-10-8-6-4-2;1-3-5-7-9-11-13-12-10-8-6-4-2;1-3-5-7-9-11-12-10-8-6-4-2;1-3-5-7-8-6-4-2/h1-2,8-10H,3-6H2;1-4H,5-6H2,(H,11,12)(H,13,14);6-9H,1-5H2;6-9H,1-5H2;1-4,10H;1H3,(H,2,3,4);1H4;1-2H;(H3,1,2,5,6,9,10,13);(H2,1,4,5,8,9,12)(H2,2,3,6,7,10,11);(H2,1,4,5,8)(H2,2,3,6,7)/b;;;;;;;3-1?,4-2?,7-5+,8-6+,11-9+,12-10+,15-13+,16-14+,18-17+;;;. The minimum Gasteiger partial charge on any atom is -0.481 e. The van der Waals surface area contributed by atoms with E-state index < -0.39 is 28.0 Å². The monoisotopic (exact) mass is 1670 g/mol. The number of nitriles is 1. The number of aliphatic carboxylic acids is 2. The lowest BCUT2D eigenvalue weighted by Crippen LogP contribution is -2.45. The van der Waals surface area contributed by atoms with Gasteiger partial charge in [-0.05, 0) is 353 Å². The molecule has 2 aromatic rings. The summed E-state index contributed by atoms with van der Waals surface area (Å²) in [6.45, 7) is 0. The Bertz CT molecular complexity index is 4000. The van der Waals surface area contributed by atoms with Gasteiger partial charge in [0.15, 0.2) is 0 Å². The van der Waals surface area contributed by atoms with Crippen LogP contribution in [0.4, 0.5) is 0 Å². The molecule has 7 saturated carbocycles. The van der Waals surface area contributed by atoms with Crippen molar-refractivity contribution in [3.05, 3.63) is 82.4 Å². The van der Waals surface area contributed by atoms with Gasteiger partial charge in [-0.3, -0.25) is 28.6 Å². The summed E-state index contributed by atoms with van der Waals surface area (Å²) in [5.41, 5.74) is 20.0. The third-order valence-corrected chi connectivity index (χ3v) is 15.3. The maximum Gasteiger partial charge on any atom is 0.372 e. The van der Waals surface area contributed by atoms with Gasteiger partial charge in [0.2, 0.25) is 0 Å². The van der Waals surface area contributed by atoms with Crippen LogP contribution in [0.15, 0.2) is 285 Å². The fourth-order valence-corrected chi connectivity index (χ4v) is 12.1. The van der Waals surface area contributed by atoms with Crippen LogP contribution in [0.1, 0.15) is 119 Å². The summed E-state index contributed by atoms with van der Waals surface area (Å²) in [6, 6.07) is 15.1. The Hall–Kier alpha value is -14.8. The molecule has 2 aliphatic heterocycles. The Morgan fingerprint density at radius 3 is 1.13 bits per heavy atom. The van der Waals surface area contributed by atoms with Crippen LogP contribution < -0.4 is 29.2 Å². The van der Waals surface area contributed by atoms with Gasteiger partial charge in [-0.1, -0.05) is 87.6 Å². The number of carbonyl (C=O) groups excluding carboxylic acids is 3. The minimum absolute atomic E-state index is 0. The van der Waals surface area contributed by atoms with E-state index in [4.69, 9.17) is 58.2 Å². The third-order valence-electron chi connectivity index (χ3n) is 15.0. The second-order valence-electron chi connectivity index (χ2n) is 22.8.